The van der Waals surface area contributed by atoms with E-state index in [2.05, 4.69) is 0 Å². The molecule has 0 amide bonds. The lowest BCUT2D eigenvalue weighted by Gasteiger charge is -2.23. The van der Waals surface area contributed by atoms with Crippen molar-refractivity contribution in [1.82, 2.24) is 0 Å². The minimum atomic E-state index is -0.639. The highest BCUT2D eigenvalue weighted by atomic mass is 32.2. The Balaban J connectivity index is 3.74. The Morgan fingerprint density at radius 1 is 0.952 bits per heavy atom. The van der Waals surface area contributed by atoms with Crippen LogP contribution < -0.4 is 0 Å². The number of ketones is 2. The molecule has 0 rings (SSSR count). The van der Waals surface area contributed by atoms with Crippen LogP contribution in [0.1, 0.15) is 60.3 Å². The van der Waals surface area contributed by atoms with E-state index in [1.54, 1.807) is 37.4 Å². The molecule has 0 aliphatic carbocycles. The Morgan fingerprint density at radius 2 is 1.29 bits per heavy atom. The first-order valence-electron chi connectivity index (χ1n) is 7.62. The zero-order chi connectivity index (χ0) is 16.5. The van der Waals surface area contributed by atoms with Gasteiger partial charge in [0.1, 0.15) is 11.6 Å². The number of Topliss-reactive ketones (excluding diaryl/α,β-unsaturated/α-hetero) is 2. The minimum absolute atomic E-state index is 0.0550. The van der Waals surface area contributed by atoms with Crippen molar-refractivity contribution >= 4 is 35.1 Å². The summed E-state index contributed by atoms with van der Waals surface area (Å²) < 4.78 is 0. The van der Waals surface area contributed by atoms with Crippen LogP contribution in [0.5, 0.6) is 0 Å². The fraction of sp³-hybridized carbons (Fsp3) is 0.875. The molecule has 2 unspecified atom stereocenters. The number of hydrogen-bond acceptors (Lipinski definition) is 5. The molecular weight excluding hydrogens is 304 g/mol. The predicted molar refractivity (Wildman–Crippen MR) is 94.3 cm³/mol. The molecule has 124 valence electrons. The van der Waals surface area contributed by atoms with Crippen LogP contribution in [-0.2, 0) is 9.59 Å². The average molecular weight is 335 g/mol. The first-order chi connectivity index (χ1) is 9.65. The van der Waals surface area contributed by atoms with E-state index in [-0.39, 0.29) is 22.1 Å². The van der Waals surface area contributed by atoms with Crippen LogP contribution in [0.25, 0.3) is 0 Å². The molecule has 2 atom stereocenters. The fourth-order valence-electron chi connectivity index (χ4n) is 1.79. The molecule has 21 heavy (non-hydrogen) atoms. The molecule has 0 aliphatic rings. The summed E-state index contributed by atoms with van der Waals surface area (Å²) in [5.74, 6) is 2.24. The molecule has 5 heteroatoms. The summed E-state index contributed by atoms with van der Waals surface area (Å²) in [5, 5.41) is 10.4. The average Bonchev–Trinajstić information content (AvgIpc) is 2.38. The smallest absolute Gasteiger partial charge is 0.142 e. The largest absolute Gasteiger partial charge is 0.390 e. The molecule has 3 nitrogen and oxygen atoms in total. The number of aliphatic hydroxyl groups is 1. The molecule has 0 spiro atoms. The van der Waals surface area contributed by atoms with E-state index < -0.39 is 5.60 Å². The maximum atomic E-state index is 11.1. The molecule has 1 N–H and O–H groups in total. The van der Waals surface area contributed by atoms with E-state index in [1.807, 2.05) is 20.8 Å². The maximum absolute atomic E-state index is 11.1. The maximum Gasteiger partial charge on any atom is 0.142 e. The van der Waals surface area contributed by atoms with Crippen LogP contribution in [0, 0.1) is 0 Å². The molecule has 0 aromatic heterocycles. The van der Waals surface area contributed by atoms with Crippen LogP contribution in [-0.4, -0.2) is 44.3 Å². The Labute approximate surface area is 138 Å². The van der Waals surface area contributed by atoms with E-state index in [4.69, 9.17) is 0 Å². The second-order valence-corrected chi connectivity index (χ2v) is 8.85. The van der Waals surface area contributed by atoms with Crippen molar-refractivity contribution < 1.29 is 14.7 Å². The van der Waals surface area contributed by atoms with Gasteiger partial charge < -0.3 is 5.11 Å². The van der Waals surface area contributed by atoms with Gasteiger partial charge in [0.2, 0.25) is 0 Å². The van der Waals surface area contributed by atoms with Crippen molar-refractivity contribution in [2.75, 3.05) is 11.5 Å². The number of carbonyl (C=O) groups excluding carboxylic acids is 2. The van der Waals surface area contributed by atoms with Crippen LogP contribution in [0.3, 0.4) is 0 Å². The lowest BCUT2D eigenvalue weighted by molar-refractivity contribution is -0.117. The quantitative estimate of drug-likeness (QED) is 0.551. The molecule has 0 saturated carbocycles. The topological polar surface area (TPSA) is 54.4 Å². The molecule has 0 heterocycles. The van der Waals surface area contributed by atoms with Crippen molar-refractivity contribution in [1.29, 1.82) is 0 Å². The van der Waals surface area contributed by atoms with Crippen molar-refractivity contribution in [3.63, 3.8) is 0 Å². The third-order valence-corrected chi connectivity index (χ3v) is 6.31. The highest BCUT2D eigenvalue weighted by molar-refractivity contribution is 8.00. The van der Waals surface area contributed by atoms with Crippen LogP contribution >= 0.6 is 23.5 Å². The second-order valence-electron chi connectivity index (χ2n) is 5.95. The molecule has 0 aliphatic heterocycles. The third kappa shape index (κ3) is 11.2. The van der Waals surface area contributed by atoms with Gasteiger partial charge in [-0.15, -0.1) is 0 Å². The number of carbonyl (C=O) groups is 2. The van der Waals surface area contributed by atoms with Gasteiger partial charge >= 0.3 is 0 Å². The SMILES string of the molecule is CC(=O)C(C)SCCCC(C)(O)CCCSC(C)C(C)=O. The second kappa shape index (κ2) is 10.7. The van der Waals surface area contributed by atoms with Crippen LogP contribution in [0.15, 0.2) is 0 Å². The van der Waals surface area contributed by atoms with Gasteiger partial charge in [-0.3, -0.25) is 9.59 Å². The molecule has 0 fully saturated rings. The van der Waals surface area contributed by atoms with Gasteiger partial charge in [0.05, 0.1) is 16.1 Å². The molecule has 0 bridgehead atoms. The summed E-state index contributed by atoms with van der Waals surface area (Å²) in [4.78, 5) is 22.2. The van der Waals surface area contributed by atoms with Crippen molar-refractivity contribution in [3.05, 3.63) is 0 Å². The van der Waals surface area contributed by atoms with Gasteiger partial charge in [-0.05, 0) is 71.8 Å². The summed E-state index contributed by atoms with van der Waals surface area (Å²) in [6.07, 6.45) is 3.37. The molecule has 0 aromatic rings. The summed E-state index contributed by atoms with van der Waals surface area (Å²) in [5.41, 5.74) is -0.639. The molecular formula is C16H30O3S2. The lowest BCUT2D eigenvalue weighted by Crippen LogP contribution is -2.24. The monoisotopic (exact) mass is 334 g/mol. The minimum Gasteiger partial charge on any atom is -0.390 e. The fourth-order valence-corrected chi connectivity index (χ4v) is 3.58. The van der Waals surface area contributed by atoms with Gasteiger partial charge in [0, 0.05) is 0 Å². The Hall–Kier alpha value is -0.0000000000000000555. The molecule has 0 aromatic carbocycles. The van der Waals surface area contributed by atoms with Gasteiger partial charge in [-0.1, -0.05) is 0 Å². The third-order valence-electron chi connectivity index (χ3n) is 3.60. The van der Waals surface area contributed by atoms with E-state index in [1.165, 1.54) is 0 Å². The van der Waals surface area contributed by atoms with E-state index in [0.29, 0.717) is 0 Å². The van der Waals surface area contributed by atoms with Crippen molar-refractivity contribution in [3.8, 4) is 0 Å². The highest BCUT2D eigenvalue weighted by Crippen LogP contribution is 2.23. The molecule has 0 radical (unpaired) electrons. The normalized spacial score (nSPS) is 17.0. The zero-order valence-corrected chi connectivity index (χ0v) is 15.6. The number of thioether (sulfide) groups is 2. The molecule has 0 saturated heterocycles. The summed E-state index contributed by atoms with van der Waals surface area (Å²) in [7, 11) is 0. The number of hydrogen-bond donors (Lipinski definition) is 1. The van der Waals surface area contributed by atoms with E-state index >= 15 is 0 Å². The van der Waals surface area contributed by atoms with E-state index in [0.717, 1.165) is 37.2 Å². The highest BCUT2D eigenvalue weighted by Gasteiger charge is 2.20. The van der Waals surface area contributed by atoms with Gasteiger partial charge in [0.25, 0.3) is 0 Å². The van der Waals surface area contributed by atoms with E-state index in [9.17, 15) is 14.7 Å². The van der Waals surface area contributed by atoms with Crippen LogP contribution in [0.2, 0.25) is 0 Å². The first kappa shape index (κ1) is 21.0. The zero-order valence-electron chi connectivity index (χ0n) is 14.0. The lowest BCUT2D eigenvalue weighted by atomic mass is 9.95. The van der Waals surface area contributed by atoms with Gasteiger partial charge in [-0.25, -0.2) is 0 Å². The Bertz CT molecular complexity index is 299. The van der Waals surface area contributed by atoms with Gasteiger partial charge in [0.15, 0.2) is 0 Å². The Morgan fingerprint density at radius 3 is 1.57 bits per heavy atom. The van der Waals surface area contributed by atoms with Crippen molar-refractivity contribution in [2.45, 2.75) is 76.4 Å². The summed E-state index contributed by atoms with van der Waals surface area (Å²) in [6, 6.07) is 0. The van der Waals surface area contributed by atoms with Gasteiger partial charge in [-0.2, -0.15) is 23.5 Å². The predicted octanol–water partition coefficient (Wildman–Crippen LogP) is 3.72. The summed E-state index contributed by atoms with van der Waals surface area (Å²) >= 11 is 3.32. The Kier molecular flexibility index (Phi) is 10.7. The van der Waals surface area contributed by atoms with Crippen LogP contribution in [0.4, 0.5) is 0 Å². The number of rotatable bonds is 12. The first-order valence-corrected chi connectivity index (χ1v) is 9.72. The summed E-state index contributed by atoms with van der Waals surface area (Å²) in [6.45, 7) is 8.98. The van der Waals surface area contributed by atoms with Crippen molar-refractivity contribution in [2.24, 2.45) is 0 Å². The standard InChI is InChI=1S/C16H30O3S2/c1-12(17)14(3)20-10-6-8-16(5,19)9-7-11-21-15(4)13(2)18/h14-15,19H,6-11H2,1-5H3.